The summed E-state index contributed by atoms with van der Waals surface area (Å²) in [4.78, 5) is 16.3. The second-order valence-electron chi connectivity index (χ2n) is 2.35. The van der Waals surface area contributed by atoms with Gasteiger partial charge >= 0.3 is 10.6 Å². The summed E-state index contributed by atoms with van der Waals surface area (Å²) in [6, 6.07) is 0. The molecule has 0 aliphatic rings. The standard InChI is InChI=1S/C3H4N2O2.C3H4N2OS/c1-2-4-3(6)7-5-2;1-2-4-3(7)6-5-2/h1H3,(H,4,5,6);1H3,(H,4,5,7). The van der Waals surface area contributed by atoms with Crippen LogP contribution >= 0.6 is 12.2 Å². The molecule has 14 heavy (non-hydrogen) atoms. The van der Waals surface area contributed by atoms with Crippen molar-refractivity contribution in [3.63, 3.8) is 0 Å². The van der Waals surface area contributed by atoms with Gasteiger partial charge in [-0.3, -0.25) is 9.51 Å². The SMILES string of the molecule is Cc1nc(=S)o[nH]1.Cc1noc(=O)[nH]1. The quantitative estimate of drug-likeness (QED) is 0.629. The summed E-state index contributed by atoms with van der Waals surface area (Å²) < 4.78 is 8.65. The van der Waals surface area contributed by atoms with Crippen LogP contribution in [0.2, 0.25) is 0 Å². The Morgan fingerprint density at radius 3 is 2.21 bits per heavy atom. The summed E-state index contributed by atoms with van der Waals surface area (Å²) in [5.74, 6) is 0.715. The zero-order valence-electron chi connectivity index (χ0n) is 7.53. The number of nitrogens with zero attached hydrogens (tertiary/aromatic N) is 2. The van der Waals surface area contributed by atoms with Gasteiger partial charge in [0.15, 0.2) is 0 Å². The van der Waals surface area contributed by atoms with E-state index in [1.807, 2.05) is 0 Å². The van der Waals surface area contributed by atoms with Crippen LogP contribution in [0.4, 0.5) is 0 Å². The molecule has 0 aromatic carbocycles. The van der Waals surface area contributed by atoms with E-state index in [1.165, 1.54) is 0 Å². The lowest BCUT2D eigenvalue weighted by molar-refractivity contribution is 0.383. The van der Waals surface area contributed by atoms with Gasteiger partial charge in [0, 0.05) is 0 Å². The molecule has 2 heterocycles. The van der Waals surface area contributed by atoms with Gasteiger partial charge in [0.05, 0.1) is 0 Å². The zero-order valence-corrected chi connectivity index (χ0v) is 8.34. The van der Waals surface area contributed by atoms with Gasteiger partial charge in [-0.15, -0.1) is 0 Å². The first-order valence-corrected chi connectivity index (χ1v) is 4.03. The van der Waals surface area contributed by atoms with Crippen LogP contribution in [0.5, 0.6) is 0 Å². The van der Waals surface area contributed by atoms with Crippen LogP contribution < -0.4 is 5.76 Å². The topological polar surface area (TPSA) is 101 Å². The molecule has 0 aliphatic heterocycles. The van der Waals surface area contributed by atoms with Crippen molar-refractivity contribution in [2.24, 2.45) is 0 Å². The van der Waals surface area contributed by atoms with E-state index < -0.39 is 5.76 Å². The number of aromatic nitrogens is 4. The Morgan fingerprint density at radius 2 is 2.07 bits per heavy atom. The molecule has 8 heteroatoms. The molecule has 0 fully saturated rings. The van der Waals surface area contributed by atoms with Crippen LogP contribution in [0.25, 0.3) is 0 Å². The van der Waals surface area contributed by atoms with Crippen LogP contribution in [-0.2, 0) is 0 Å². The number of aromatic amines is 2. The fraction of sp³-hybridized carbons (Fsp3) is 0.333. The van der Waals surface area contributed by atoms with Gasteiger partial charge in [0.25, 0.3) is 0 Å². The first-order valence-electron chi connectivity index (χ1n) is 3.62. The summed E-state index contributed by atoms with van der Waals surface area (Å²) in [6.45, 7) is 3.42. The third kappa shape index (κ3) is 3.35. The Hall–Kier alpha value is -1.70. The van der Waals surface area contributed by atoms with Crippen LogP contribution in [0, 0.1) is 18.7 Å². The predicted octanol–water partition coefficient (Wildman–Crippen LogP) is 0.712. The molecule has 0 radical (unpaired) electrons. The largest absolute Gasteiger partial charge is 0.438 e. The molecule has 2 N–H and O–H groups in total. The first kappa shape index (κ1) is 10.4. The minimum absolute atomic E-state index is 0.262. The van der Waals surface area contributed by atoms with Gasteiger partial charge in [0.1, 0.15) is 11.6 Å². The Balaban J connectivity index is 0.000000140. The molecule has 0 unspecified atom stereocenters. The van der Waals surface area contributed by atoms with E-state index >= 15 is 0 Å². The van der Waals surface area contributed by atoms with Crippen molar-refractivity contribution in [3.05, 3.63) is 27.0 Å². The van der Waals surface area contributed by atoms with Crippen molar-refractivity contribution >= 4 is 12.2 Å². The smallest absolute Gasteiger partial charge is 0.348 e. The fourth-order valence-electron chi connectivity index (χ4n) is 0.603. The van der Waals surface area contributed by atoms with Gasteiger partial charge < -0.3 is 4.52 Å². The second kappa shape index (κ2) is 4.51. The molecule has 0 aliphatic carbocycles. The fourth-order valence-corrected chi connectivity index (χ4v) is 0.782. The second-order valence-corrected chi connectivity index (χ2v) is 2.70. The van der Waals surface area contributed by atoms with Crippen molar-refractivity contribution < 1.29 is 9.05 Å². The Kier molecular flexibility index (Phi) is 3.35. The highest BCUT2D eigenvalue weighted by atomic mass is 32.1. The average molecular weight is 216 g/mol. The zero-order chi connectivity index (χ0) is 10.6. The average Bonchev–Trinajstić information content (AvgIpc) is 2.63. The monoisotopic (exact) mass is 216 g/mol. The van der Waals surface area contributed by atoms with E-state index in [-0.39, 0.29) is 4.84 Å². The molecule has 2 aromatic rings. The van der Waals surface area contributed by atoms with Crippen LogP contribution in [-0.4, -0.2) is 20.3 Å². The lowest BCUT2D eigenvalue weighted by Crippen LogP contribution is -1.93. The molecule has 0 saturated heterocycles. The van der Waals surface area contributed by atoms with Gasteiger partial charge in [-0.2, -0.15) is 4.98 Å². The van der Waals surface area contributed by atoms with E-state index in [2.05, 4.69) is 41.5 Å². The highest BCUT2D eigenvalue weighted by Gasteiger charge is 1.86. The molecule has 2 rings (SSSR count). The normalized spacial score (nSPS) is 9.29. The predicted molar refractivity (Wildman–Crippen MR) is 48.3 cm³/mol. The number of rotatable bonds is 0. The molecule has 0 saturated carbocycles. The lowest BCUT2D eigenvalue weighted by atomic mass is 10.8. The third-order valence-electron chi connectivity index (χ3n) is 1.09. The summed E-state index contributed by atoms with van der Waals surface area (Å²) in [7, 11) is 0. The Morgan fingerprint density at radius 1 is 1.36 bits per heavy atom. The number of aryl methyl sites for hydroxylation is 2. The van der Waals surface area contributed by atoms with Crippen LogP contribution in [0.3, 0.4) is 0 Å². The van der Waals surface area contributed by atoms with Crippen molar-refractivity contribution in [1.29, 1.82) is 0 Å². The van der Waals surface area contributed by atoms with Gasteiger partial charge in [0.2, 0.25) is 0 Å². The summed E-state index contributed by atoms with van der Waals surface area (Å²) in [5.41, 5.74) is 0. The van der Waals surface area contributed by atoms with Crippen molar-refractivity contribution in [1.82, 2.24) is 20.3 Å². The van der Waals surface area contributed by atoms with Gasteiger partial charge in [-0.25, -0.2) is 9.95 Å². The van der Waals surface area contributed by atoms with E-state index in [0.29, 0.717) is 11.6 Å². The summed E-state index contributed by atoms with van der Waals surface area (Å²) >= 11 is 4.52. The molecular weight excluding hydrogens is 208 g/mol. The molecule has 0 bridgehead atoms. The molecule has 7 nitrogen and oxygen atoms in total. The van der Waals surface area contributed by atoms with Gasteiger partial charge in [-0.1, -0.05) is 5.16 Å². The van der Waals surface area contributed by atoms with E-state index in [9.17, 15) is 4.79 Å². The highest BCUT2D eigenvalue weighted by molar-refractivity contribution is 7.71. The van der Waals surface area contributed by atoms with Gasteiger partial charge in [-0.05, 0) is 26.1 Å². The number of H-pyrrole nitrogens is 2. The van der Waals surface area contributed by atoms with E-state index in [1.54, 1.807) is 13.8 Å². The molecule has 0 amide bonds. The maximum atomic E-state index is 10.0. The molecular formula is C6H8N4O3S. The van der Waals surface area contributed by atoms with Crippen LogP contribution in [0.15, 0.2) is 13.8 Å². The Bertz CT molecular complexity index is 447. The van der Waals surface area contributed by atoms with Crippen molar-refractivity contribution in [2.45, 2.75) is 13.8 Å². The number of hydrogen-bond donors (Lipinski definition) is 2. The molecule has 76 valence electrons. The van der Waals surface area contributed by atoms with Crippen LogP contribution in [0.1, 0.15) is 11.6 Å². The summed E-state index contributed by atoms with van der Waals surface area (Å²) in [5, 5.41) is 5.75. The minimum atomic E-state index is -0.502. The maximum absolute atomic E-state index is 10.0. The summed E-state index contributed by atoms with van der Waals surface area (Å²) in [6.07, 6.45) is 0. The van der Waals surface area contributed by atoms with E-state index in [0.717, 1.165) is 0 Å². The van der Waals surface area contributed by atoms with Crippen molar-refractivity contribution in [3.8, 4) is 0 Å². The number of hydrogen-bond acceptors (Lipinski definition) is 6. The Labute approximate surface area is 83.1 Å². The van der Waals surface area contributed by atoms with E-state index in [4.69, 9.17) is 0 Å². The number of nitrogens with one attached hydrogen (secondary N) is 2. The lowest BCUT2D eigenvalue weighted by Gasteiger charge is -1.65. The molecule has 2 aromatic heterocycles. The first-order chi connectivity index (χ1) is 6.58. The highest BCUT2D eigenvalue weighted by Crippen LogP contribution is 1.84. The maximum Gasteiger partial charge on any atom is 0.438 e. The third-order valence-corrected chi connectivity index (χ3v) is 1.27. The van der Waals surface area contributed by atoms with Crippen molar-refractivity contribution in [2.75, 3.05) is 0 Å². The molecule has 0 atom stereocenters. The molecule has 0 spiro atoms. The minimum Gasteiger partial charge on any atom is -0.348 e.